The van der Waals surface area contributed by atoms with Crippen molar-refractivity contribution in [2.24, 2.45) is 0 Å². The van der Waals surface area contributed by atoms with Gasteiger partial charge in [0, 0.05) is 25.1 Å². The standard InChI is InChI=1S/C19H16F3N3O2/c20-19(21,22)15-5-1-2-7-17(15)27-13-9-12(10-13)24-18(26)14-11-23-25-8-4-3-6-16(14)25/h1-8,11-13H,9-10H2,(H,24,26). The molecule has 0 spiro atoms. The van der Waals surface area contributed by atoms with Crippen molar-refractivity contribution in [1.82, 2.24) is 14.9 Å². The molecule has 5 nitrogen and oxygen atoms in total. The van der Waals surface area contributed by atoms with Gasteiger partial charge in [0.2, 0.25) is 0 Å². The third kappa shape index (κ3) is 3.47. The van der Waals surface area contributed by atoms with E-state index in [-0.39, 0.29) is 23.8 Å². The van der Waals surface area contributed by atoms with E-state index in [1.807, 2.05) is 12.1 Å². The molecule has 1 fully saturated rings. The molecule has 0 radical (unpaired) electrons. The molecule has 3 aromatic rings. The van der Waals surface area contributed by atoms with Crippen LogP contribution in [0.3, 0.4) is 0 Å². The Morgan fingerprint density at radius 2 is 1.89 bits per heavy atom. The number of para-hydroxylation sites is 1. The highest BCUT2D eigenvalue weighted by molar-refractivity contribution is 6.00. The second-order valence-electron chi connectivity index (χ2n) is 6.46. The van der Waals surface area contributed by atoms with Crippen molar-refractivity contribution in [2.75, 3.05) is 0 Å². The maximum absolute atomic E-state index is 13.0. The topological polar surface area (TPSA) is 55.6 Å². The zero-order valence-electron chi connectivity index (χ0n) is 14.1. The van der Waals surface area contributed by atoms with E-state index in [1.165, 1.54) is 24.4 Å². The van der Waals surface area contributed by atoms with Crippen LogP contribution in [0.5, 0.6) is 5.75 Å². The molecule has 1 aliphatic rings. The lowest BCUT2D eigenvalue weighted by Crippen LogP contribution is -2.49. The molecule has 2 aromatic heterocycles. The summed E-state index contributed by atoms with van der Waals surface area (Å²) in [7, 11) is 0. The number of hydrogen-bond acceptors (Lipinski definition) is 3. The van der Waals surface area contributed by atoms with E-state index in [0.717, 1.165) is 6.07 Å². The van der Waals surface area contributed by atoms with Gasteiger partial charge in [0.05, 0.1) is 22.8 Å². The molecule has 2 heterocycles. The minimum absolute atomic E-state index is 0.140. The number of amides is 1. The molecular weight excluding hydrogens is 359 g/mol. The number of ether oxygens (including phenoxy) is 1. The molecule has 0 unspecified atom stereocenters. The Morgan fingerprint density at radius 1 is 1.15 bits per heavy atom. The van der Waals surface area contributed by atoms with E-state index in [9.17, 15) is 18.0 Å². The van der Waals surface area contributed by atoms with Crippen LogP contribution in [0, 0.1) is 0 Å². The van der Waals surface area contributed by atoms with Crippen molar-refractivity contribution < 1.29 is 22.7 Å². The van der Waals surface area contributed by atoms with Crippen LogP contribution in [-0.2, 0) is 6.18 Å². The zero-order chi connectivity index (χ0) is 19.0. The van der Waals surface area contributed by atoms with Gasteiger partial charge in [-0.2, -0.15) is 18.3 Å². The summed E-state index contributed by atoms with van der Waals surface area (Å²) in [4.78, 5) is 12.4. The molecule has 1 N–H and O–H groups in total. The molecule has 1 saturated carbocycles. The first-order chi connectivity index (χ1) is 12.9. The van der Waals surface area contributed by atoms with Gasteiger partial charge in [-0.3, -0.25) is 4.79 Å². The summed E-state index contributed by atoms with van der Waals surface area (Å²) in [5.74, 6) is -0.433. The first-order valence-corrected chi connectivity index (χ1v) is 8.48. The first-order valence-electron chi connectivity index (χ1n) is 8.48. The molecule has 0 saturated heterocycles. The van der Waals surface area contributed by atoms with Gasteiger partial charge in [-0.1, -0.05) is 18.2 Å². The Labute approximate surface area is 152 Å². The summed E-state index contributed by atoms with van der Waals surface area (Å²) in [5.41, 5.74) is 0.368. The molecule has 0 atom stereocenters. The number of alkyl halides is 3. The lowest BCUT2D eigenvalue weighted by molar-refractivity contribution is -0.139. The van der Waals surface area contributed by atoms with E-state index in [2.05, 4.69) is 10.4 Å². The highest BCUT2D eigenvalue weighted by atomic mass is 19.4. The van der Waals surface area contributed by atoms with Gasteiger partial charge >= 0.3 is 6.18 Å². The van der Waals surface area contributed by atoms with Crippen LogP contribution in [0.15, 0.2) is 54.9 Å². The Hall–Kier alpha value is -3.03. The van der Waals surface area contributed by atoms with E-state index in [4.69, 9.17) is 4.74 Å². The molecule has 1 aromatic carbocycles. The van der Waals surface area contributed by atoms with Crippen LogP contribution in [-0.4, -0.2) is 27.7 Å². The number of carbonyl (C=O) groups is 1. The second-order valence-corrected chi connectivity index (χ2v) is 6.46. The number of nitrogens with one attached hydrogen (secondary N) is 1. The van der Waals surface area contributed by atoms with E-state index < -0.39 is 11.7 Å². The van der Waals surface area contributed by atoms with Gasteiger partial charge in [0.25, 0.3) is 5.91 Å². The number of fused-ring (bicyclic) bond motifs is 1. The Morgan fingerprint density at radius 3 is 2.67 bits per heavy atom. The van der Waals surface area contributed by atoms with Crippen LogP contribution in [0.1, 0.15) is 28.8 Å². The van der Waals surface area contributed by atoms with Crippen molar-refractivity contribution >= 4 is 11.4 Å². The number of carbonyl (C=O) groups excluding carboxylic acids is 1. The van der Waals surface area contributed by atoms with Crippen LogP contribution in [0.2, 0.25) is 0 Å². The maximum Gasteiger partial charge on any atom is 0.419 e. The molecular formula is C19H16F3N3O2. The molecule has 1 aliphatic carbocycles. The fraction of sp³-hybridized carbons (Fsp3) is 0.263. The van der Waals surface area contributed by atoms with Gasteiger partial charge in [0.15, 0.2) is 0 Å². The fourth-order valence-electron chi connectivity index (χ4n) is 3.14. The molecule has 27 heavy (non-hydrogen) atoms. The van der Waals surface area contributed by atoms with Crippen molar-refractivity contribution in [3.63, 3.8) is 0 Å². The minimum Gasteiger partial charge on any atom is -0.490 e. The number of rotatable bonds is 4. The smallest absolute Gasteiger partial charge is 0.419 e. The number of pyridine rings is 1. The van der Waals surface area contributed by atoms with Crippen molar-refractivity contribution in [3.05, 3.63) is 66.0 Å². The van der Waals surface area contributed by atoms with E-state index >= 15 is 0 Å². The summed E-state index contributed by atoms with van der Waals surface area (Å²) < 4.78 is 46.1. The predicted molar refractivity (Wildman–Crippen MR) is 91.5 cm³/mol. The molecule has 1 amide bonds. The zero-order valence-corrected chi connectivity index (χ0v) is 14.1. The van der Waals surface area contributed by atoms with Crippen molar-refractivity contribution in [3.8, 4) is 5.75 Å². The summed E-state index contributed by atoms with van der Waals surface area (Å²) >= 11 is 0. The van der Waals surface area contributed by atoms with Gasteiger partial charge < -0.3 is 10.1 Å². The molecule has 140 valence electrons. The Kier molecular flexibility index (Phi) is 4.25. The number of halogens is 3. The average molecular weight is 375 g/mol. The lowest BCUT2D eigenvalue weighted by Gasteiger charge is -2.36. The fourth-order valence-corrected chi connectivity index (χ4v) is 3.14. The highest BCUT2D eigenvalue weighted by Gasteiger charge is 2.37. The predicted octanol–water partition coefficient (Wildman–Crippen LogP) is 3.69. The average Bonchev–Trinajstić information content (AvgIpc) is 3.03. The summed E-state index contributed by atoms with van der Waals surface area (Å²) in [6, 6.07) is 10.4. The minimum atomic E-state index is -4.46. The molecule has 0 aliphatic heterocycles. The highest BCUT2D eigenvalue weighted by Crippen LogP contribution is 2.38. The maximum atomic E-state index is 13.0. The van der Waals surface area contributed by atoms with Gasteiger partial charge in [-0.25, -0.2) is 4.52 Å². The summed E-state index contributed by atoms with van der Waals surface area (Å²) in [5, 5.41) is 7.00. The number of benzene rings is 1. The van der Waals surface area contributed by atoms with Crippen LogP contribution in [0.4, 0.5) is 13.2 Å². The number of nitrogens with zero attached hydrogens (tertiary/aromatic N) is 2. The van der Waals surface area contributed by atoms with Crippen molar-refractivity contribution in [2.45, 2.75) is 31.2 Å². The lowest BCUT2D eigenvalue weighted by atomic mass is 9.89. The first kappa shape index (κ1) is 17.4. The SMILES string of the molecule is O=C(NC1CC(Oc2ccccc2C(F)(F)F)C1)c1cnn2ccccc12. The number of aromatic nitrogens is 2. The quantitative estimate of drug-likeness (QED) is 0.757. The van der Waals surface area contributed by atoms with Crippen molar-refractivity contribution in [1.29, 1.82) is 0 Å². The monoisotopic (exact) mass is 375 g/mol. The Bertz CT molecular complexity index is 977. The Balaban J connectivity index is 1.36. The third-order valence-electron chi connectivity index (χ3n) is 4.59. The summed E-state index contributed by atoms with van der Waals surface area (Å²) in [6.07, 6.45) is -0.664. The normalized spacial score (nSPS) is 19.5. The number of hydrogen-bond donors (Lipinski definition) is 1. The van der Waals surface area contributed by atoms with Gasteiger partial charge in [0.1, 0.15) is 11.9 Å². The molecule has 0 bridgehead atoms. The van der Waals surface area contributed by atoms with Crippen LogP contribution in [0.25, 0.3) is 5.52 Å². The van der Waals surface area contributed by atoms with E-state index in [1.54, 1.807) is 16.8 Å². The molecule has 8 heteroatoms. The van der Waals surface area contributed by atoms with Crippen LogP contribution >= 0.6 is 0 Å². The third-order valence-corrected chi connectivity index (χ3v) is 4.59. The van der Waals surface area contributed by atoms with Gasteiger partial charge in [-0.05, 0) is 24.3 Å². The largest absolute Gasteiger partial charge is 0.490 e. The molecule has 4 rings (SSSR count). The van der Waals surface area contributed by atoms with Crippen LogP contribution < -0.4 is 10.1 Å². The second kappa shape index (κ2) is 6.61. The van der Waals surface area contributed by atoms with E-state index in [0.29, 0.717) is 23.9 Å². The van der Waals surface area contributed by atoms with Gasteiger partial charge in [-0.15, -0.1) is 0 Å². The summed E-state index contributed by atoms with van der Waals surface area (Å²) in [6.45, 7) is 0.